The Hall–Kier alpha value is -2.06. The minimum atomic E-state index is -0.720. The number of hydrogen-bond acceptors (Lipinski definition) is 4. The van der Waals surface area contributed by atoms with Gasteiger partial charge in [0.25, 0.3) is 0 Å². The normalized spacial score (nSPS) is 23.3. The second kappa shape index (κ2) is 6.82. The zero-order valence-corrected chi connectivity index (χ0v) is 14.4. The number of ether oxygens (including phenoxy) is 1. The fourth-order valence-electron chi connectivity index (χ4n) is 3.64. The molecule has 3 rings (SSSR count). The average Bonchev–Trinajstić information content (AvgIpc) is 3.36. The van der Waals surface area contributed by atoms with Crippen LogP contribution in [-0.4, -0.2) is 36.5 Å². The molecule has 1 saturated heterocycles. The first-order chi connectivity index (χ1) is 11.6. The van der Waals surface area contributed by atoms with Crippen LogP contribution in [0.4, 0.5) is 0 Å². The van der Waals surface area contributed by atoms with Crippen LogP contribution in [0.2, 0.25) is 0 Å². The van der Waals surface area contributed by atoms with Crippen LogP contribution >= 0.6 is 0 Å². The third-order valence-electron chi connectivity index (χ3n) is 5.21. The molecule has 5 nitrogen and oxygen atoms in total. The van der Waals surface area contributed by atoms with Gasteiger partial charge >= 0.3 is 0 Å². The molecule has 2 unspecified atom stereocenters. The number of likely N-dealkylation sites (tertiary alicyclic amines) is 1. The van der Waals surface area contributed by atoms with E-state index in [1.807, 2.05) is 25.1 Å². The van der Waals surface area contributed by atoms with E-state index in [9.17, 15) is 10.1 Å². The number of benzene rings is 1. The van der Waals surface area contributed by atoms with Gasteiger partial charge in [0.05, 0.1) is 19.7 Å². The number of carbonyl (C=O) groups excluding carboxylic acids is 1. The van der Waals surface area contributed by atoms with Crippen molar-refractivity contribution in [1.29, 1.82) is 5.26 Å². The number of hydrogen-bond donors (Lipinski definition) is 1. The SMILES string of the molecule is COc1cccc(C2CCCN2CC(=O)NC(C)(C#N)C2CC2)c1. The van der Waals surface area contributed by atoms with Crippen molar-refractivity contribution in [3.05, 3.63) is 29.8 Å². The summed E-state index contributed by atoms with van der Waals surface area (Å²) in [6.07, 6.45) is 4.17. The van der Waals surface area contributed by atoms with Crippen LogP contribution in [0.5, 0.6) is 5.75 Å². The summed E-state index contributed by atoms with van der Waals surface area (Å²) in [7, 11) is 1.67. The van der Waals surface area contributed by atoms with Gasteiger partial charge < -0.3 is 10.1 Å². The van der Waals surface area contributed by atoms with Crippen molar-refractivity contribution in [2.24, 2.45) is 5.92 Å². The Kier molecular flexibility index (Phi) is 4.77. The molecule has 1 heterocycles. The molecular formula is C19H25N3O2. The number of nitrogens with zero attached hydrogens (tertiary/aromatic N) is 2. The summed E-state index contributed by atoms with van der Waals surface area (Å²) < 4.78 is 5.31. The highest BCUT2D eigenvalue weighted by atomic mass is 16.5. The van der Waals surface area contributed by atoms with Gasteiger partial charge in [0.15, 0.2) is 0 Å². The molecule has 1 aromatic carbocycles. The van der Waals surface area contributed by atoms with Crippen LogP contribution in [-0.2, 0) is 4.79 Å². The van der Waals surface area contributed by atoms with Gasteiger partial charge in [0, 0.05) is 6.04 Å². The van der Waals surface area contributed by atoms with E-state index >= 15 is 0 Å². The molecule has 0 radical (unpaired) electrons. The van der Waals surface area contributed by atoms with Gasteiger partial charge in [-0.15, -0.1) is 0 Å². The minimum absolute atomic E-state index is 0.0549. The van der Waals surface area contributed by atoms with Crippen molar-refractivity contribution in [3.63, 3.8) is 0 Å². The molecule has 128 valence electrons. The minimum Gasteiger partial charge on any atom is -0.497 e. The van der Waals surface area contributed by atoms with Crippen LogP contribution in [0.25, 0.3) is 0 Å². The average molecular weight is 327 g/mol. The van der Waals surface area contributed by atoms with Crippen LogP contribution in [0, 0.1) is 17.2 Å². The first kappa shape index (κ1) is 16.8. The number of carbonyl (C=O) groups is 1. The molecule has 24 heavy (non-hydrogen) atoms. The van der Waals surface area contributed by atoms with Crippen LogP contribution < -0.4 is 10.1 Å². The fraction of sp³-hybridized carbons (Fsp3) is 0.579. The maximum Gasteiger partial charge on any atom is 0.235 e. The van der Waals surface area contributed by atoms with Gasteiger partial charge in [-0.05, 0) is 62.8 Å². The monoisotopic (exact) mass is 327 g/mol. The smallest absolute Gasteiger partial charge is 0.235 e. The number of nitriles is 1. The molecule has 1 aliphatic heterocycles. The molecule has 0 aromatic heterocycles. The van der Waals surface area contributed by atoms with Gasteiger partial charge in [-0.3, -0.25) is 9.69 Å². The maximum absolute atomic E-state index is 12.5. The van der Waals surface area contributed by atoms with E-state index in [1.54, 1.807) is 7.11 Å². The zero-order chi connectivity index (χ0) is 17.2. The second-order valence-corrected chi connectivity index (χ2v) is 7.04. The van der Waals surface area contributed by atoms with E-state index in [1.165, 1.54) is 5.56 Å². The van der Waals surface area contributed by atoms with E-state index in [4.69, 9.17) is 4.74 Å². The molecule has 1 aliphatic carbocycles. The van der Waals surface area contributed by atoms with Gasteiger partial charge in [-0.25, -0.2) is 0 Å². The van der Waals surface area contributed by atoms with E-state index < -0.39 is 5.54 Å². The largest absolute Gasteiger partial charge is 0.497 e. The van der Waals surface area contributed by atoms with Crippen molar-refractivity contribution >= 4 is 5.91 Å². The lowest BCUT2D eigenvalue weighted by Crippen LogP contribution is -2.50. The van der Waals surface area contributed by atoms with E-state index in [0.29, 0.717) is 12.5 Å². The van der Waals surface area contributed by atoms with Gasteiger partial charge in [0.1, 0.15) is 11.3 Å². The highest BCUT2D eigenvalue weighted by Crippen LogP contribution is 2.39. The summed E-state index contributed by atoms with van der Waals surface area (Å²) in [6, 6.07) is 10.6. The Labute approximate surface area is 143 Å². The Morgan fingerprint density at radius 2 is 2.25 bits per heavy atom. The summed E-state index contributed by atoms with van der Waals surface area (Å²) in [5.74, 6) is 1.09. The Morgan fingerprint density at radius 1 is 1.46 bits per heavy atom. The third kappa shape index (κ3) is 3.54. The Bertz CT molecular complexity index is 650. The van der Waals surface area contributed by atoms with E-state index in [-0.39, 0.29) is 11.9 Å². The number of amides is 1. The fourth-order valence-corrected chi connectivity index (χ4v) is 3.64. The topological polar surface area (TPSA) is 65.4 Å². The zero-order valence-electron chi connectivity index (χ0n) is 14.4. The van der Waals surface area contributed by atoms with Crippen molar-refractivity contribution in [3.8, 4) is 11.8 Å². The standard InChI is InChI=1S/C19H25N3O2/c1-19(13-20,15-8-9-15)21-18(23)12-22-10-4-7-17(22)14-5-3-6-16(11-14)24-2/h3,5-6,11,15,17H,4,7-10,12H2,1-2H3,(H,21,23). The maximum atomic E-state index is 12.5. The molecule has 5 heteroatoms. The van der Waals surface area contributed by atoms with E-state index in [2.05, 4.69) is 22.4 Å². The van der Waals surface area contributed by atoms with E-state index in [0.717, 1.165) is 38.0 Å². The lowest BCUT2D eigenvalue weighted by atomic mass is 9.98. The molecule has 1 aromatic rings. The number of rotatable bonds is 6. The molecule has 1 saturated carbocycles. The van der Waals surface area contributed by atoms with Crippen LogP contribution in [0.15, 0.2) is 24.3 Å². The molecule has 1 amide bonds. The quantitative estimate of drug-likeness (QED) is 0.872. The summed E-state index contributed by atoms with van der Waals surface area (Å²) in [4.78, 5) is 14.7. The number of methoxy groups -OCH3 is 1. The predicted molar refractivity (Wildman–Crippen MR) is 91.4 cm³/mol. The van der Waals surface area contributed by atoms with Crippen molar-refractivity contribution in [2.75, 3.05) is 20.2 Å². The highest BCUT2D eigenvalue weighted by Gasteiger charge is 2.43. The molecule has 2 fully saturated rings. The second-order valence-electron chi connectivity index (χ2n) is 7.04. The first-order valence-corrected chi connectivity index (χ1v) is 8.66. The van der Waals surface area contributed by atoms with Crippen molar-refractivity contribution in [2.45, 2.75) is 44.2 Å². The van der Waals surface area contributed by atoms with Crippen molar-refractivity contribution in [1.82, 2.24) is 10.2 Å². The lowest BCUT2D eigenvalue weighted by molar-refractivity contribution is -0.123. The molecule has 0 spiro atoms. The molecular weight excluding hydrogens is 302 g/mol. The summed E-state index contributed by atoms with van der Waals surface area (Å²) >= 11 is 0. The number of nitrogens with one attached hydrogen (secondary N) is 1. The molecule has 1 N–H and O–H groups in total. The van der Waals surface area contributed by atoms with Gasteiger partial charge in [-0.1, -0.05) is 12.1 Å². The predicted octanol–water partition coefficient (Wildman–Crippen LogP) is 2.64. The Balaban J connectivity index is 1.65. The summed E-state index contributed by atoms with van der Waals surface area (Å²) in [5, 5.41) is 12.4. The first-order valence-electron chi connectivity index (χ1n) is 8.66. The molecule has 2 atom stereocenters. The summed E-state index contributed by atoms with van der Waals surface area (Å²) in [6.45, 7) is 3.08. The molecule has 0 bridgehead atoms. The lowest BCUT2D eigenvalue weighted by Gasteiger charge is -2.28. The van der Waals surface area contributed by atoms with Crippen molar-refractivity contribution < 1.29 is 9.53 Å². The van der Waals surface area contributed by atoms with Gasteiger partial charge in [-0.2, -0.15) is 5.26 Å². The van der Waals surface area contributed by atoms with Gasteiger partial charge in [0.2, 0.25) is 5.91 Å². The summed E-state index contributed by atoms with van der Waals surface area (Å²) in [5.41, 5.74) is 0.465. The van der Waals surface area contributed by atoms with Crippen LogP contribution in [0.1, 0.15) is 44.2 Å². The third-order valence-corrected chi connectivity index (χ3v) is 5.21. The molecule has 2 aliphatic rings. The Morgan fingerprint density at radius 3 is 2.92 bits per heavy atom. The van der Waals surface area contributed by atoms with Crippen LogP contribution in [0.3, 0.4) is 0 Å². The highest BCUT2D eigenvalue weighted by molar-refractivity contribution is 5.79.